The zero-order valence-corrected chi connectivity index (χ0v) is 29.9. The van der Waals surface area contributed by atoms with Crippen molar-refractivity contribution in [3.63, 3.8) is 0 Å². The number of hydrogen-bond donors (Lipinski definition) is 3. The largest absolute Gasteiger partial charge is 0.496 e. The van der Waals surface area contributed by atoms with Crippen molar-refractivity contribution in [3.8, 4) is 5.75 Å². The first-order chi connectivity index (χ1) is 23.4. The van der Waals surface area contributed by atoms with Crippen LogP contribution in [0.2, 0.25) is 5.04 Å². The maximum Gasteiger partial charge on any atom is 0.261 e. The maximum atomic E-state index is 13.7. The fraction of sp³-hybridized carbons (Fsp3) is 0.237. The standard InChI is InChI=1S/C38H42N6O4Si/c1-25-20-35(42-26(2)41-25)44-34-22-32(31(23-40-34)36(45)39-6)43-37(46)30-19-18-27(21-33(30)47-7)24-48-49(38(3,4)5,28-14-10-8-11-15-28)29-16-12-9-13-17-29/h8-23H,24H2,1-7H3,(H,39,45)(H2,40,41,42,43,44,46). The van der Waals surface area contributed by atoms with E-state index in [1.807, 2.05) is 31.2 Å². The number of anilines is 3. The van der Waals surface area contributed by atoms with Gasteiger partial charge in [-0.05, 0) is 47.0 Å². The normalized spacial score (nSPS) is 11.5. The van der Waals surface area contributed by atoms with Gasteiger partial charge in [-0.1, -0.05) is 87.5 Å². The molecule has 3 aromatic carbocycles. The quantitative estimate of drug-likeness (QED) is 0.147. The summed E-state index contributed by atoms with van der Waals surface area (Å²) in [4.78, 5) is 39.5. The van der Waals surface area contributed by atoms with E-state index < -0.39 is 20.1 Å². The Hall–Kier alpha value is -5.39. The van der Waals surface area contributed by atoms with Gasteiger partial charge in [0.2, 0.25) is 0 Å². The molecule has 0 aliphatic heterocycles. The van der Waals surface area contributed by atoms with Crippen molar-refractivity contribution < 1.29 is 18.8 Å². The van der Waals surface area contributed by atoms with Crippen LogP contribution in [-0.2, 0) is 11.0 Å². The molecule has 0 saturated carbocycles. The van der Waals surface area contributed by atoms with Crippen molar-refractivity contribution in [1.29, 1.82) is 0 Å². The third kappa shape index (κ3) is 7.69. The topological polar surface area (TPSA) is 127 Å². The molecular formula is C38H42N6O4Si. The van der Waals surface area contributed by atoms with E-state index in [0.29, 0.717) is 35.4 Å². The van der Waals surface area contributed by atoms with Gasteiger partial charge in [-0.25, -0.2) is 15.0 Å². The molecule has 3 N–H and O–H groups in total. The third-order valence-corrected chi connectivity index (χ3v) is 13.2. The van der Waals surface area contributed by atoms with E-state index in [1.165, 1.54) is 30.7 Å². The van der Waals surface area contributed by atoms with E-state index in [9.17, 15) is 9.59 Å². The number of rotatable bonds is 11. The Bertz CT molecular complexity index is 1890. The van der Waals surface area contributed by atoms with Gasteiger partial charge in [0.05, 0.1) is 30.5 Å². The summed E-state index contributed by atoms with van der Waals surface area (Å²) in [6.45, 7) is 10.7. The molecule has 0 bridgehead atoms. The number of methoxy groups -OCH3 is 1. The summed E-state index contributed by atoms with van der Waals surface area (Å²) in [6, 6.07) is 29.7. The first kappa shape index (κ1) is 34.9. The zero-order chi connectivity index (χ0) is 35.2. The fourth-order valence-electron chi connectivity index (χ4n) is 6.01. The van der Waals surface area contributed by atoms with Gasteiger partial charge in [-0.2, -0.15) is 0 Å². The number of pyridine rings is 1. The summed E-state index contributed by atoms with van der Waals surface area (Å²) >= 11 is 0. The Kier molecular flexibility index (Phi) is 10.5. The highest BCUT2D eigenvalue weighted by Crippen LogP contribution is 2.37. The van der Waals surface area contributed by atoms with Crippen LogP contribution in [0.1, 0.15) is 58.6 Å². The molecule has 10 nitrogen and oxygen atoms in total. The molecule has 0 fully saturated rings. The van der Waals surface area contributed by atoms with E-state index in [2.05, 4.69) is 100 Å². The molecule has 11 heteroatoms. The third-order valence-electron chi connectivity index (χ3n) is 8.23. The predicted octanol–water partition coefficient (Wildman–Crippen LogP) is 5.93. The number of amides is 2. The van der Waals surface area contributed by atoms with Crippen LogP contribution in [0.5, 0.6) is 5.75 Å². The number of aromatic nitrogens is 3. The molecule has 5 rings (SSSR count). The first-order valence-corrected chi connectivity index (χ1v) is 17.9. The number of carbonyl (C=O) groups excluding carboxylic acids is 2. The van der Waals surface area contributed by atoms with Crippen molar-refractivity contribution in [2.24, 2.45) is 0 Å². The number of aryl methyl sites for hydroxylation is 2. The van der Waals surface area contributed by atoms with E-state index in [0.717, 1.165) is 11.3 Å². The van der Waals surface area contributed by atoms with E-state index in [-0.39, 0.29) is 16.3 Å². The zero-order valence-electron chi connectivity index (χ0n) is 28.9. The average Bonchev–Trinajstić information content (AvgIpc) is 3.08. The van der Waals surface area contributed by atoms with Gasteiger partial charge in [0.1, 0.15) is 23.2 Å². The second-order valence-electron chi connectivity index (χ2n) is 12.7. The second-order valence-corrected chi connectivity index (χ2v) is 17.0. The van der Waals surface area contributed by atoms with Gasteiger partial charge in [0, 0.05) is 31.1 Å². The second kappa shape index (κ2) is 14.8. The minimum absolute atomic E-state index is 0.189. The lowest BCUT2D eigenvalue weighted by Crippen LogP contribution is -2.66. The molecular weight excluding hydrogens is 633 g/mol. The van der Waals surface area contributed by atoms with Crippen molar-refractivity contribution >= 4 is 47.8 Å². The highest BCUT2D eigenvalue weighted by molar-refractivity contribution is 6.99. The lowest BCUT2D eigenvalue weighted by Gasteiger charge is -2.43. The molecule has 252 valence electrons. The van der Waals surface area contributed by atoms with Crippen LogP contribution in [0, 0.1) is 13.8 Å². The first-order valence-electron chi connectivity index (χ1n) is 16.0. The smallest absolute Gasteiger partial charge is 0.261 e. The Morgan fingerprint density at radius 2 is 1.45 bits per heavy atom. The lowest BCUT2D eigenvalue weighted by atomic mass is 10.1. The lowest BCUT2D eigenvalue weighted by molar-refractivity contribution is 0.0963. The molecule has 0 aliphatic rings. The summed E-state index contributed by atoms with van der Waals surface area (Å²) in [6.07, 6.45) is 1.40. The van der Waals surface area contributed by atoms with Crippen LogP contribution in [0.15, 0.2) is 97.2 Å². The summed E-state index contributed by atoms with van der Waals surface area (Å²) in [5, 5.41) is 10.8. The number of hydrogen-bond acceptors (Lipinski definition) is 8. The van der Waals surface area contributed by atoms with Crippen LogP contribution in [0.25, 0.3) is 0 Å². The van der Waals surface area contributed by atoms with Gasteiger partial charge in [0.15, 0.2) is 0 Å². The fourth-order valence-corrected chi connectivity index (χ4v) is 10.5. The predicted molar refractivity (Wildman–Crippen MR) is 196 cm³/mol. The minimum Gasteiger partial charge on any atom is -0.496 e. The molecule has 0 atom stereocenters. The molecule has 0 aliphatic carbocycles. The number of carbonyl (C=O) groups is 2. The van der Waals surface area contributed by atoms with Crippen LogP contribution in [0.4, 0.5) is 17.3 Å². The van der Waals surface area contributed by atoms with Crippen LogP contribution >= 0.6 is 0 Å². The summed E-state index contributed by atoms with van der Waals surface area (Å²) in [5.41, 5.74) is 2.42. The number of benzene rings is 3. The van der Waals surface area contributed by atoms with Crippen molar-refractivity contribution in [2.45, 2.75) is 46.3 Å². The van der Waals surface area contributed by atoms with Crippen LogP contribution in [-0.4, -0.2) is 49.2 Å². The van der Waals surface area contributed by atoms with E-state index in [4.69, 9.17) is 9.16 Å². The van der Waals surface area contributed by atoms with Crippen LogP contribution in [0.3, 0.4) is 0 Å². The highest BCUT2D eigenvalue weighted by Gasteiger charge is 2.50. The van der Waals surface area contributed by atoms with Gasteiger partial charge in [-0.3, -0.25) is 9.59 Å². The van der Waals surface area contributed by atoms with Crippen molar-refractivity contribution in [2.75, 3.05) is 24.8 Å². The molecule has 0 spiro atoms. The maximum absolute atomic E-state index is 13.7. The number of nitrogens with zero attached hydrogens (tertiary/aromatic N) is 3. The SMILES string of the molecule is CNC(=O)c1cnc(Nc2cc(C)nc(C)n2)cc1NC(=O)c1ccc(CO[Si](c2ccccc2)(c2ccccc2)C(C)(C)C)cc1OC. The summed E-state index contributed by atoms with van der Waals surface area (Å²) < 4.78 is 12.8. The number of nitrogens with one attached hydrogen (secondary N) is 3. The van der Waals surface area contributed by atoms with Crippen molar-refractivity contribution in [3.05, 3.63) is 125 Å². The molecule has 2 amide bonds. The molecule has 0 saturated heterocycles. The monoisotopic (exact) mass is 674 g/mol. The van der Waals surface area contributed by atoms with Gasteiger partial charge >= 0.3 is 0 Å². The van der Waals surface area contributed by atoms with Gasteiger partial charge in [0.25, 0.3) is 20.1 Å². The molecule has 0 radical (unpaired) electrons. The molecule has 49 heavy (non-hydrogen) atoms. The van der Waals surface area contributed by atoms with Crippen LogP contribution < -0.4 is 31.1 Å². The number of ether oxygens (including phenoxy) is 1. The minimum atomic E-state index is -2.78. The molecule has 0 unspecified atom stereocenters. The highest BCUT2D eigenvalue weighted by atomic mass is 28.4. The van der Waals surface area contributed by atoms with E-state index >= 15 is 0 Å². The van der Waals surface area contributed by atoms with Gasteiger partial charge < -0.3 is 25.1 Å². The molecule has 2 aromatic heterocycles. The summed E-state index contributed by atoms with van der Waals surface area (Å²) in [5.74, 6) is 1.06. The Morgan fingerprint density at radius 3 is 2.02 bits per heavy atom. The Morgan fingerprint density at radius 1 is 0.796 bits per heavy atom. The molecule has 2 heterocycles. The molecule has 5 aromatic rings. The Balaban J connectivity index is 1.43. The average molecular weight is 675 g/mol. The summed E-state index contributed by atoms with van der Waals surface area (Å²) in [7, 11) is 0.255. The Labute approximate surface area is 288 Å². The van der Waals surface area contributed by atoms with E-state index in [1.54, 1.807) is 25.1 Å². The van der Waals surface area contributed by atoms with Gasteiger partial charge in [-0.15, -0.1) is 0 Å². The van der Waals surface area contributed by atoms with Crippen molar-refractivity contribution in [1.82, 2.24) is 20.3 Å².